The van der Waals surface area contributed by atoms with E-state index in [9.17, 15) is 23.8 Å². The fraction of sp³-hybridized carbons (Fsp3) is 0.469. The van der Waals surface area contributed by atoms with Gasteiger partial charge in [0.1, 0.15) is 35.2 Å². The van der Waals surface area contributed by atoms with Gasteiger partial charge in [-0.15, -0.1) is 10.2 Å². The summed E-state index contributed by atoms with van der Waals surface area (Å²) in [5.74, 6) is -0.641. The van der Waals surface area contributed by atoms with Gasteiger partial charge in [0.2, 0.25) is 6.41 Å². The summed E-state index contributed by atoms with van der Waals surface area (Å²) in [6, 6.07) is 12.3. The van der Waals surface area contributed by atoms with E-state index in [2.05, 4.69) is 20.6 Å². The Morgan fingerprint density at radius 3 is 2.17 bits per heavy atom. The maximum absolute atomic E-state index is 13.4. The zero-order chi connectivity index (χ0) is 32.6. The second-order valence-electron chi connectivity index (χ2n) is 11.7. The predicted octanol–water partition coefficient (Wildman–Crippen LogP) is 3.17. The average Bonchev–Trinajstić information content (AvgIpc) is 3.76. The van der Waals surface area contributed by atoms with Crippen LogP contribution in [-0.4, -0.2) is 101 Å². The lowest BCUT2D eigenvalue weighted by atomic mass is 9.90. The van der Waals surface area contributed by atoms with Gasteiger partial charge in [-0.2, -0.15) is 0 Å². The van der Waals surface area contributed by atoms with Crippen LogP contribution in [0.25, 0.3) is 22.5 Å². The Kier molecular flexibility index (Phi) is 11.2. The van der Waals surface area contributed by atoms with Crippen molar-refractivity contribution in [3.8, 4) is 22.5 Å². The monoisotopic (exact) mass is 639 g/mol. The third-order valence-electron chi connectivity index (χ3n) is 8.49. The molecule has 1 amide bonds. The van der Waals surface area contributed by atoms with Crippen molar-refractivity contribution in [3.05, 3.63) is 72.6 Å². The molecule has 14 heteroatoms. The Balaban J connectivity index is 0.000000182. The minimum atomic E-state index is -0.872. The van der Waals surface area contributed by atoms with Gasteiger partial charge >= 0.3 is 0 Å². The molecule has 3 heterocycles. The third kappa shape index (κ3) is 7.99. The number of aliphatic hydroxyl groups excluding tert-OH is 3. The molecule has 1 saturated carbocycles. The molecule has 4 aromatic rings. The molecule has 46 heavy (non-hydrogen) atoms. The van der Waals surface area contributed by atoms with Crippen LogP contribution in [0.1, 0.15) is 51.1 Å². The van der Waals surface area contributed by atoms with E-state index >= 15 is 0 Å². The van der Waals surface area contributed by atoms with Gasteiger partial charge in [0.25, 0.3) is 0 Å². The van der Waals surface area contributed by atoms with E-state index in [1.54, 1.807) is 40.0 Å². The number of carbonyl (C=O) groups excluding carboxylic acids is 1. The van der Waals surface area contributed by atoms with Crippen molar-refractivity contribution in [2.24, 2.45) is 0 Å². The number of halogens is 2. The van der Waals surface area contributed by atoms with Gasteiger partial charge in [-0.1, -0.05) is 34.7 Å². The molecule has 1 saturated heterocycles. The lowest BCUT2D eigenvalue weighted by Gasteiger charge is -2.37. The fourth-order valence-electron chi connectivity index (χ4n) is 6.15. The largest absolute Gasteiger partial charge is 0.395 e. The topological polar surface area (TPSA) is 152 Å². The van der Waals surface area contributed by atoms with Crippen LogP contribution in [-0.2, 0) is 9.53 Å². The normalized spacial score (nSPS) is 24.6. The Hall–Kier alpha value is -4.11. The molecule has 2 aromatic carbocycles. The van der Waals surface area contributed by atoms with Crippen LogP contribution in [0.4, 0.5) is 8.78 Å². The maximum Gasteiger partial charge on any atom is 0.210 e. The first-order chi connectivity index (χ1) is 22.3. The van der Waals surface area contributed by atoms with E-state index in [1.165, 1.54) is 24.3 Å². The van der Waals surface area contributed by atoms with Crippen molar-refractivity contribution >= 4 is 6.41 Å². The molecule has 2 aliphatic rings. The number of carbonyl (C=O) groups is 1. The number of hydrogen-bond donors (Lipinski definition) is 3. The van der Waals surface area contributed by atoms with Gasteiger partial charge in [-0.05, 0) is 63.3 Å². The predicted molar refractivity (Wildman–Crippen MR) is 163 cm³/mol. The number of rotatable bonds is 9. The molecular formula is C32H39F2N7O5. The van der Waals surface area contributed by atoms with Crippen LogP contribution in [0.5, 0.6) is 0 Å². The summed E-state index contributed by atoms with van der Waals surface area (Å²) in [6.45, 7) is 1.94. The first kappa shape index (κ1) is 33.3. The van der Waals surface area contributed by atoms with E-state index < -0.39 is 12.2 Å². The first-order valence-corrected chi connectivity index (χ1v) is 15.4. The number of ether oxygens (including phenoxy) is 1. The Morgan fingerprint density at radius 2 is 1.59 bits per heavy atom. The highest BCUT2D eigenvalue weighted by Gasteiger charge is 2.37. The van der Waals surface area contributed by atoms with Gasteiger partial charge in [0, 0.05) is 23.7 Å². The van der Waals surface area contributed by atoms with Crippen LogP contribution in [0, 0.1) is 11.6 Å². The zero-order valence-corrected chi connectivity index (χ0v) is 25.5. The Labute approximate surface area is 265 Å². The molecule has 6 unspecified atom stereocenters. The molecule has 12 nitrogen and oxygen atoms in total. The highest BCUT2D eigenvalue weighted by Crippen LogP contribution is 2.32. The molecule has 3 N–H and O–H groups in total. The van der Waals surface area contributed by atoms with Crippen molar-refractivity contribution in [3.63, 3.8) is 0 Å². The van der Waals surface area contributed by atoms with Crippen LogP contribution in [0.15, 0.2) is 60.9 Å². The summed E-state index contributed by atoms with van der Waals surface area (Å²) < 4.78 is 35.5. The number of nitrogens with zero attached hydrogens (tertiary/aromatic N) is 7. The van der Waals surface area contributed by atoms with Gasteiger partial charge in [0.15, 0.2) is 0 Å². The summed E-state index contributed by atoms with van der Waals surface area (Å²) in [5, 5.41) is 45.1. The number of amides is 1. The summed E-state index contributed by atoms with van der Waals surface area (Å²) in [6.07, 6.45) is 6.92. The summed E-state index contributed by atoms with van der Waals surface area (Å²) in [5.41, 5.74) is 2.49. The molecule has 0 radical (unpaired) electrons. The van der Waals surface area contributed by atoms with E-state index in [0.29, 0.717) is 35.5 Å². The lowest BCUT2D eigenvalue weighted by molar-refractivity contribution is -0.150. The van der Waals surface area contributed by atoms with E-state index in [4.69, 9.17) is 9.84 Å². The van der Waals surface area contributed by atoms with Gasteiger partial charge < -0.3 is 25.0 Å². The second-order valence-corrected chi connectivity index (χ2v) is 11.7. The highest BCUT2D eigenvalue weighted by atomic mass is 19.1. The quantitative estimate of drug-likeness (QED) is 0.235. The Bertz CT molecular complexity index is 1570. The lowest BCUT2D eigenvalue weighted by Crippen LogP contribution is -2.47. The summed E-state index contributed by atoms with van der Waals surface area (Å²) in [4.78, 5) is 12.9. The van der Waals surface area contributed by atoms with E-state index in [1.807, 2.05) is 17.8 Å². The molecule has 0 bridgehead atoms. The fourth-order valence-corrected chi connectivity index (χ4v) is 6.15. The van der Waals surface area contributed by atoms with Gasteiger partial charge in [-0.25, -0.2) is 18.1 Å². The molecule has 0 spiro atoms. The van der Waals surface area contributed by atoms with E-state index in [-0.39, 0.29) is 49.1 Å². The van der Waals surface area contributed by atoms with Crippen molar-refractivity contribution in [2.75, 3.05) is 19.8 Å². The van der Waals surface area contributed by atoms with Gasteiger partial charge in [0.05, 0.1) is 43.8 Å². The van der Waals surface area contributed by atoms with Crippen molar-refractivity contribution in [2.45, 2.75) is 75.5 Å². The third-order valence-corrected chi connectivity index (χ3v) is 8.49. The molecule has 1 aliphatic heterocycles. The van der Waals surface area contributed by atoms with E-state index in [0.717, 1.165) is 32.1 Å². The standard InChI is InChI=1S/C17H21FN4O2.C15H18FN3O3/c18-14-4-1-3-13(9-14)17-11-22(20-19-17)16-6-2-5-15(10-16)21(12-24)7-8-23;1-9-5-13(15(21)14(8-20)22-9)19-7-12(17-18-19)10-3-2-4-11(16)6-10/h1,3-4,9,11-12,15-16,23H,2,5-8,10H2;2-4,6-7,9,13-15,20-21H,5,8H2,1H3. The second kappa shape index (κ2) is 15.5. The summed E-state index contributed by atoms with van der Waals surface area (Å²) in [7, 11) is 0. The summed E-state index contributed by atoms with van der Waals surface area (Å²) >= 11 is 0. The average molecular weight is 640 g/mol. The molecule has 246 valence electrons. The Morgan fingerprint density at radius 1 is 0.957 bits per heavy atom. The number of aliphatic hydroxyl groups is 3. The maximum atomic E-state index is 13.4. The van der Waals surface area contributed by atoms with Crippen LogP contribution in [0.2, 0.25) is 0 Å². The molecule has 6 atom stereocenters. The smallest absolute Gasteiger partial charge is 0.210 e. The zero-order valence-electron chi connectivity index (χ0n) is 25.5. The molecule has 2 fully saturated rings. The number of aromatic nitrogens is 6. The van der Waals surface area contributed by atoms with Crippen molar-refractivity contribution < 1.29 is 33.6 Å². The highest BCUT2D eigenvalue weighted by molar-refractivity contribution is 5.58. The first-order valence-electron chi connectivity index (χ1n) is 15.4. The molecule has 6 rings (SSSR count). The molecular weight excluding hydrogens is 600 g/mol. The van der Waals surface area contributed by atoms with Crippen LogP contribution < -0.4 is 0 Å². The minimum Gasteiger partial charge on any atom is -0.395 e. The number of hydrogen-bond acceptors (Lipinski definition) is 9. The van der Waals surface area contributed by atoms with Gasteiger partial charge in [-0.3, -0.25) is 4.79 Å². The molecule has 1 aliphatic carbocycles. The SMILES string of the molecule is CC1CC(n2cc(-c3cccc(F)c3)nn2)C(O)C(CO)O1.O=CN(CCO)C1CCCC(n2cc(-c3cccc(F)c3)nn2)C1. The minimum absolute atomic E-state index is 0.0348. The van der Waals surface area contributed by atoms with Crippen molar-refractivity contribution in [1.29, 1.82) is 0 Å². The number of benzene rings is 2. The van der Waals surface area contributed by atoms with Crippen molar-refractivity contribution in [1.82, 2.24) is 34.9 Å². The van der Waals surface area contributed by atoms with Crippen LogP contribution >= 0.6 is 0 Å². The van der Waals surface area contributed by atoms with Crippen LogP contribution in [0.3, 0.4) is 0 Å². The molecule has 2 aromatic heterocycles.